The average molecular weight is 418 g/mol. The van der Waals surface area contributed by atoms with E-state index in [1.165, 1.54) is 17.5 Å². The van der Waals surface area contributed by atoms with Crippen LogP contribution in [0.25, 0.3) is 16.2 Å². The van der Waals surface area contributed by atoms with Crippen molar-refractivity contribution >= 4 is 45.9 Å². The van der Waals surface area contributed by atoms with Crippen LogP contribution >= 0.6 is 23.1 Å². The van der Waals surface area contributed by atoms with E-state index in [0.29, 0.717) is 22.1 Å². The monoisotopic (exact) mass is 417 g/mol. The number of pyridine rings is 2. The molecule has 146 valence electrons. The molecule has 0 aliphatic carbocycles. The first-order valence-electron chi connectivity index (χ1n) is 8.68. The first-order chi connectivity index (χ1) is 13.5. The Balaban J connectivity index is 1.87. The van der Waals surface area contributed by atoms with Crippen LogP contribution in [-0.4, -0.2) is 63.3 Å². The van der Waals surface area contributed by atoms with Gasteiger partial charge in [-0.3, -0.25) is 9.36 Å². The second kappa shape index (κ2) is 7.53. The lowest BCUT2D eigenvalue weighted by Gasteiger charge is -2.18. The minimum absolute atomic E-state index is 0.268. The van der Waals surface area contributed by atoms with Gasteiger partial charge in [0.1, 0.15) is 11.4 Å². The van der Waals surface area contributed by atoms with E-state index in [9.17, 15) is 14.7 Å². The number of rotatable bonds is 5. The maximum absolute atomic E-state index is 12.6. The van der Waals surface area contributed by atoms with Crippen LogP contribution in [0.1, 0.15) is 10.4 Å². The third kappa shape index (κ3) is 3.17. The molecule has 0 bridgehead atoms. The molecule has 0 aromatic carbocycles. The van der Waals surface area contributed by atoms with Crippen molar-refractivity contribution in [3.8, 4) is 5.13 Å². The lowest BCUT2D eigenvalue weighted by Crippen LogP contribution is -2.34. The number of aromatic nitrogens is 3. The van der Waals surface area contributed by atoms with E-state index in [4.69, 9.17) is 4.98 Å². The highest BCUT2D eigenvalue weighted by Gasteiger charge is 2.32. The van der Waals surface area contributed by atoms with Crippen molar-refractivity contribution in [1.29, 1.82) is 0 Å². The molecule has 3 aromatic heterocycles. The second-order valence-corrected chi connectivity index (χ2v) is 8.43. The van der Waals surface area contributed by atoms with Gasteiger partial charge in [-0.15, -0.1) is 11.3 Å². The second-order valence-electron chi connectivity index (χ2n) is 6.48. The number of hydrogen-bond acceptors (Lipinski definition) is 8. The van der Waals surface area contributed by atoms with Crippen molar-refractivity contribution in [3.05, 3.63) is 45.7 Å². The topological polar surface area (TPSA) is 100 Å². The molecular weight excluding hydrogens is 398 g/mol. The zero-order valence-corrected chi connectivity index (χ0v) is 17.0. The van der Waals surface area contributed by atoms with Crippen molar-refractivity contribution in [2.24, 2.45) is 0 Å². The summed E-state index contributed by atoms with van der Waals surface area (Å²) in [4.78, 5) is 35.4. The summed E-state index contributed by atoms with van der Waals surface area (Å²) in [6, 6.07) is 3.80. The van der Waals surface area contributed by atoms with Crippen LogP contribution < -0.4 is 15.6 Å². The van der Waals surface area contributed by atoms with Gasteiger partial charge in [0.2, 0.25) is 5.43 Å². The van der Waals surface area contributed by atoms with Crippen LogP contribution in [0, 0.1) is 0 Å². The van der Waals surface area contributed by atoms with E-state index >= 15 is 0 Å². The summed E-state index contributed by atoms with van der Waals surface area (Å²) in [7, 11) is 1.96. The molecule has 10 heteroatoms. The molecule has 1 aliphatic heterocycles. The highest BCUT2D eigenvalue weighted by atomic mass is 32.2. The predicted octanol–water partition coefficient (Wildman–Crippen LogP) is 1.68. The number of carboxylic acids is 1. The summed E-state index contributed by atoms with van der Waals surface area (Å²) >= 11 is 3.17. The number of anilines is 1. The molecule has 0 amide bonds. The van der Waals surface area contributed by atoms with Gasteiger partial charge >= 0.3 is 5.97 Å². The molecule has 0 unspecified atom stereocenters. The van der Waals surface area contributed by atoms with Gasteiger partial charge in [-0.05, 0) is 25.4 Å². The zero-order chi connectivity index (χ0) is 19.8. The first kappa shape index (κ1) is 18.9. The van der Waals surface area contributed by atoms with Crippen LogP contribution in [-0.2, 0) is 0 Å². The maximum Gasteiger partial charge on any atom is 0.341 e. The summed E-state index contributed by atoms with van der Waals surface area (Å²) in [5.41, 5.74) is -0.418. The van der Waals surface area contributed by atoms with Gasteiger partial charge in [0.15, 0.2) is 10.8 Å². The van der Waals surface area contributed by atoms with Crippen molar-refractivity contribution in [2.75, 3.05) is 31.3 Å². The zero-order valence-electron chi connectivity index (χ0n) is 15.3. The Morgan fingerprint density at radius 3 is 2.82 bits per heavy atom. The minimum atomic E-state index is -1.26. The van der Waals surface area contributed by atoms with Gasteiger partial charge in [0, 0.05) is 42.2 Å². The third-order valence-electron chi connectivity index (χ3n) is 4.96. The number of hydrogen-bond donors (Lipinski definition) is 2. The number of carboxylic acid groups (broad SMARTS) is 1. The lowest BCUT2D eigenvalue weighted by atomic mass is 10.2. The fraction of sp³-hybridized carbons (Fsp3) is 0.333. The minimum Gasteiger partial charge on any atom is -0.477 e. The molecule has 1 aliphatic rings. The maximum atomic E-state index is 12.6. The Hall–Kier alpha value is -2.43. The predicted molar refractivity (Wildman–Crippen MR) is 112 cm³/mol. The molecule has 0 saturated carbocycles. The molecule has 1 fully saturated rings. The first-order valence-corrected chi connectivity index (χ1v) is 10.8. The van der Waals surface area contributed by atoms with Crippen molar-refractivity contribution in [1.82, 2.24) is 19.9 Å². The van der Waals surface area contributed by atoms with E-state index < -0.39 is 11.4 Å². The number of carbonyl (C=O) groups is 1. The molecule has 28 heavy (non-hydrogen) atoms. The molecule has 8 nitrogen and oxygen atoms in total. The van der Waals surface area contributed by atoms with Gasteiger partial charge in [-0.25, -0.2) is 14.8 Å². The van der Waals surface area contributed by atoms with Gasteiger partial charge in [-0.2, -0.15) is 11.8 Å². The Morgan fingerprint density at radius 2 is 2.21 bits per heavy atom. The van der Waals surface area contributed by atoms with Gasteiger partial charge < -0.3 is 15.3 Å². The van der Waals surface area contributed by atoms with Crippen LogP contribution in [0.4, 0.5) is 5.82 Å². The normalized spacial score (nSPS) is 19.4. The summed E-state index contributed by atoms with van der Waals surface area (Å²) in [5, 5.41) is 15.8. The number of likely N-dealkylation sites (N-methyl/N-ethyl adjacent to an activating group) is 1. The number of aromatic carboxylic acids is 1. The van der Waals surface area contributed by atoms with Crippen molar-refractivity contribution < 1.29 is 9.90 Å². The largest absolute Gasteiger partial charge is 0.477 e. The van der Waals surface area contributed by atoms with Crippen LogP contribution in [0.5, 0.6) is 0 Å². The Morgan fingerprint density at radius 1 is 1.39 bits per heavy atom. The quantitative estimate of drug-likeness (QED) is 0.647. The molecule has 0 radical (unpaired) electrons. The molecule has 1 saturated heterocycles. The van der Waals surface area contributed by atoms with Gasteiger partial charge in [-0.1, -0.05) is 0 Å². The van der Waals surface area contributed by atoms with Crippen LogP contribution in [0.3, 0.4) is 0 Å². The summed E-state index contributed by atoms with van der Waals surface area (Å²) in [6.45, 7) is 1.66. The molecule has 0 spiro atoms. The summed E-state index contributed by atoms with van der Waals surface area (Å²) in [6.07, 6.45) is 5.04. The fourth-order valence-electron chi connectivity index (χ4n) is 3.48. The van der Waals surface area contributed by atoms with Crippen LogP contribution in [0.2, 0.25) is 0 Å². The van der Waals surface area contributed by atoms with E-state index in [1.807, 2.05) is 18.8 Å². The van der Waals surface area contributed by atoms with Crippen molar-refractivity contribution in [2.45, 2.75) is 11.3 Å². The molecular formula is C18H19N5O3S2. The number of nitrogens with zero attached hydrogens (tertiary/aromatic N) is 4. The Kier molecular flexibility index (Phi) is 5.09. The molecule has 3 aromatic rings. The van der Waals surface area contributed by atoms with E-state index in [-0.39, 0.29) is 10.9 Å². The third-order valence-corrected chi connectivity index (χ3v) is 6.81. The number of fused-ring (bicyclic) bond motifs is 1. The smallest absolute Gasteiger partial charge is 0.341 e. The average Bonchev–Trinajstić information content (AvgIpc) is 3.37. The Bertz CT molecular complexity index is 1070. The molecule has 2 atom stereocenters. The highest BCUT2D eigenvalue weighted by molar-refractivity contribution is 7.99. The Labute approximate surface area is 169 Å². The number of nitrogens with one attached hydrogen (secondary N) is 1. The lowest BCUT2D eigenvalue weighted by molar-refractivity contribution is 0.0695. The van der Waals surface area contributed by atoms with E-state index in [2.05, 4.69) is 21.5 Å². The van der Waals surface area contributed by atoms with Gasteiger partial charge in [0.25, 0.3) is 0 Å². The van der Waals surface area contributed by atoms with E-state index in [1.54, 1.807) is 28.3 Å². The molecule has 4 heterocycles. The number of thiazole rings is 1. The summed E-state index contributed by atoms with van der Waals surface area (Å²) in [5.74, 6) is -0.502. The fourth-order valence-corrected chi connectivity index (χ4v) is 4.98. The molecule has 4 rings (SSSR count). The highest BCUT2D eigenvalue weighted by Crippen LogP contribution is 2.27. The number of thioether (sulfide) groups is 1. The van der Waals surface area contributed by atoms with E-state index in [0.717, 1.165) is 18.9 Å². The SMILES string of the molecule is CN[C@H]1CN(c2ccc3c(=O)c(C(=O)O)cn(-c4nccs4)c3n2)C[C@@H]1SC. The van der Waals surface area contributed by atoms with Crippen LogP contribution in [0.15, 0.2) is 34.7 Å². The molecule has 2 N–H and O–H groups in total. The summed E-state index contributed by atoms with van der Waals surface area (Å²) < 4.78 is 1.59. The van der Waals surface area contributed by atoms with Crippen molar-refractivity contribution in [3.63, 3.8) is 0 Å². The van der Waals surface area contributed by atoms with Gasteiger partial charge in [0.05, 0.1) is 5.39 Å². The standard InChI is InChI=1S/C18H19N5O3S2/c1-19-12-8-22(9-13(12)27-2)14-4-3-10-15(24)11(17(25)26)7-23(16(10)21-14)18-20-5-6-28-18/h3-7,12-13,19H,8-9H2,1-2H3,(H,25,26)/t12-,13-/m0/s1.